The minimum Gasteiger partial charge on any atom is -0.479 e. The Kier molecular flexibility index (Phi) is 11.5. The van der Waals surface area contributed by atoms with E-state index in [-0.39, 0.29) is 30.5 Å². The number of nitrogens with one attached hydrogen (secondary N) is 4. The van der Waals surface area contributed by atoms with Crippen molar-refractivity contribution >= 4 is 46.7 Å². The van der Waals surface area contributed by atoms with Gasteiger partial charge in [0.05, 0.1) is 6.04 Å². The van der Waals surface area contributed by atoms with E-state index in [1.807, 2.05) is 0 Å². The summed E-state index contributed by atoms with van der Waals surface area (Å²) in [7, 11) is 0. The van der Waals surface area contributed by atoms with Gasteiger partial charge in [-0.3, -0.25) is 24.0 Å². The van der Waals surface area contributed by atoms with E-state index in [1.54, 1.807) is 13.8 Å². The molecule has 10 nitrogen and oxygen atoms in total. The normalized spacial score (nSPS) is 15.8. The zero-order chi connectivity index (χ0) is 31.8. The van der Waals surface area contributed by atoms with Crippen LogP contribution in [0.4, 0.5) is 23.2 Å². The van der Waals surface area contributed by atoms with E-state index < -0.39 is 83.0 Å². The first-order chi connectivity index (χ1) is 20.3. The number of hydrogen-bond donors (Lipinski definition) is 4. The molecule has 15 heteroatoms. The number of amides is 4. The minimum atomic E-state index is -1.86. The Hall–Kier alpha value is -4.20. The number of anilines is 1. The third kappa shape index (κ3) is 9.14. The first-order valence-corrected chi connectivity index (χ1v) is 13.6. The molecular weight excluding hydrogens is 600 g/mol. The van der Waals surface area contributed by atoms with Crippen LogP contribution in [0.5, 0.6) is 5.75 Å². The molecule has 0 unspecified atom stereocenters. The molecule has 4 amide bonds. The van der Waals surface area contributed by atoms with Gasteiger partial charge in [0.15, 0.2) is 23.2 Å². The Morgan fingerprint density at radius 1 is 0.977 bits per heavy atom. The molecule has 1 saturated heterocycles. The Bertz CT molecular complexity index is 1370. The van der Waals surface area contributed by atoms with E-state index in [9.17, 15) is 41.5 Å². The van der Waals surface area contributed by atoms with Crippen LogP contribution in [0.1, 0.15) is 33.1 Å². The predicted molar refractivity (Wildman–Crippen MR) is 146 cm³/mol. The molecule has 4 N–H and O–H groups in total. The smallest absolute Gasteiger partial charge is 0.313 e. The van der Waals surface area contributed by atoms with Crippen molar-refractivity contribution in [2.45, 2.75) is 45.2 Å². The number of hydrogen-bond acceptors (Lipinski definition) is 6. The molecule has 0 spiro atoms. The van der Waals surface area contributed by atoms with Crippen LogP contribution in [-0.4, -0.2) is 54.6 Å². The fourth-order valence-electron chi connectivity index (χ4n) is 4.27. The van der Waals surface area contributed by atoms with Crippen LogP contribution < -0.4 is 26.0 Å². The SMILES string of the molecule is CC(C)C[C@H](NC(=O)C(=O)Nc1ccc(Cl)cc1)C(=O)N[C@@H](C[C@@H]1CCNC1=O)C(=O)COc1c(F)c(F)cc(F)c1F. The molecule has 3 atom stereocenters. The number of carbonyl (C=O) groups excluding carboxylic acids is 5. The molecule has 0 aromatic heterocycles. The molecule has 43 heavy (non-hydrogen) atoms. The topological polar surface area (TPSA) is 143 Å². The van der Waals surface area contributed by atoms with Crippen LogP contribution in [0.3, 0.4) is 0 Å². The van der Waals surface area contributed by atoms with Gasteiger partial charge in [0, 0.05) is 29.2 Å². The van der Waals surface area contributed by atoms with E-state index in [1.165, 1.54) is 24.3 Å². The van der Waals surface area contributed by atoms with Crippen LogP contribution in [0.15, 0.2) is 30.3 Å². The molecule has 0 aliphatic carbocycles. The lowest BCUT2D eigenvalue weighted by Gasteiger charge is -2.25. The third-order valence-corrected chi connectivity index (χ3v) is 6.71. The average Bonchev–Trinajstić information content (AvgIpc) is 3.35. The van der Waals surface area contributed by atoms with Crippen molar-refractivity contribution in [3.8, 4) is 5.75 Å². The first kappa shape index (κ1) is 33.3. The molecule has 0 bridgehead atoms. The van der Waals surface area contributed by atoms with E-state index in [0.717, 1.165) is 0 Å². The van der Waals surface area contributed by atoms with E-state index in [4.69, 9.17) is 16.3 Å². The number of Topliss-reactive ketones (excluding diaryl/α,β-unsaturated/α-hetero) is 1. The highest BCUT2D eigenvalue weighted by Crippen LogP contribution is 2.27. The van der Waals surface area contributed by atoms with Crippen molar-refractivity contribution in [1.82, 2.24) is 16.0 Å². The van der Waals surface area contributed by atoms with Gasteiger partial charge in [0.25, 0.3) is 0 Å². The van der Waals surface area contributed by atoms with E-state index >= 15 is 0 Å². The molecule has 0 radical (unpaired) electrons. The van der Waals surface area contributed by atoms with Gasteiger partial charge in [-0.15, -0.1) is 0 Å². The second kappa shape index (κ2) is 14.8. The van der Waals surface area contributed by atoms with Crippen molar-refractivity contribution in [2.24, 2.45) is 11.8 Å². The summed E-state index contributed by atoms with van der Waals surface area (Å²) in [4.78, 5) is 63.6. The Morgan fingerprint density at radius 3 is 2.16 bits per heavy atom. The number of benzene rings is 2. The van der Waals surface area contributed by atoms with Gasteiger partial charge >= 0.3 is 11.8 Å². The van der Waals surface area contributed by atoms with Crippen LogP contribution in [0.25, 0.3) is 0 Å². The Labute approximate surface area is 248 Å². The number of rotatable bonds is 12. The van der Waals surface area contributed by atoms with Crippen molar-refractivity contribution in [3.63, 3.8) is 0 Å². The van der Waals surface area contributed by atoms with E-state index in [0.29, 0.717) is 18.0 Å². The van der Waals surface area contributed by atoms with Gasteiger partial charge in [-0.2, -0.15) is 8.78 Å². The third-order valence-electron chi connectivity index (χ3n) is 6.46. The van der Waals surface area contributed by atoms with E-state index in [2.05, 4.69) is 21.3 Å². The summed E-state index contributed by atoms with van der Waals surface area (Å²) in [5.74, 6) is -14.1. The van der Waals surface area contributed by atoms with Crippen molar-refractivity contribution in [1.29, 1.82) is 0 Å². The zero-order valence-electron chi connectivity index (χ0n) is 23.1. The molecule has 3 rings (SSSR count). The minimum absolute atomic E-state index is 0.0278. The molecule has 1 aliphatic heterocycles. The summed E-state index contributed by atoms with van der Waals surface area (Å²) in [5, 5.41) is 10.1. The van der Waals surface area contributed by atoms with Crippen LogP contribution in [-0.2, 0) is 24.0 Å². The van der Waals surface area contributed by atoms with Gasteiger partial charge < -0.3 is 26.0 Å². The van der Waals surface area contributed by atoms with Crippen LogP contribution >= 0.6 is 11.6 Å². The Morgan fingerprint density at radius 2 is 1.60 bits per heavy atom. The molecule has 1 fully saturated rings. The average molecular weight is 629 g/mol. The maximum Gasteiger partial charge on any atom is 0.313 e. The zero-order valence-corrected chi connectivity index (χ0v) is 23.8. The maximum atomic E-state index is 14.0. The molecule has 232 valence electrons. The number of ether oxygens (including phenoxy) is 1. The highest BCUT2D eigenvalue weighted by atomic mass is 35.5. The number of halogens is 5. The van der Waals surface area contributed by atoms with Crippen LogP contribution in [0, 0.1) is 35.1 Å². The Balaban J connectivity index is 1.75. The lowest BCUT2D eigenvalue weighted by Crippen LogP contribution is -2.54. The monoisotopic (exact) mass is 628 g/mol. The quantitative estimate of drug-likeness (QED) is 0.162. The molecule has 0 saturated carbocycles. The maximum absolute atomic E-state index is 14.0. The highest BCUT2D eigenvalue weighted by molar-refractivity contribution is 6.40. The van der Waals surface area contributed by atoms with Gasteiger partial charge in [0.2, 0.25) is 23.4 Å². The summed E-state index contributed by atoms with van der Waals surface area (Å²) in [6.45, 7) is 2.66. The summed E-state index contributed by atoms with van der Waals surface area (Å²) in [6, 6.07) is 3.08. The second-order valence-corrected chi connectivity index (χ2v) is 10.7. The summed E-state index contributed by atoms with van der Waals surface area (Å²) < 4.78 is 60.0. The van der Waals surface area contributed by atoms with Gasteiger partial charge in [0.1, 0.15) is 12.6 Å². The lowest BCUT2D eigenvalue weighted by molar-refractivity contribution is -0.138. The van der Waals surface area contributed by atoms with Crippen LogP contribution in [0.2, 0.25) is 5.02 Å². The summed E-state index contributed by atoms with van der Waals surface area (Å²) in [5.41, 5.74) is 0.265. The van der Waals surface area contributed by atoms with Crippen molar-refractivity contribution < 1.29 is 46.3 Å². The number of ketones is 1. The molecule has 1 heterocycles. The second-order valence-electron chi connectivity index (χ2n) is 10.2. The van der Waals surface area contributed by atoms with Gasteiger partial charge in [-0.25, -0.2) is 8.78 Å². The highest BCUT2D eigenvalue weighted by Gasteiger charge is 2.34. The fraction of sp³-hybridized carbons (Fsp3) is 0.393. The standard InChI is InChI=1S/C28H29ClF4N4O6/c1-13(2)9-20(37-28(42)27(41)35-16-5-3-15(29)4-6-16)26(40)36-19(10-14-7-8-34-25(14)39)21(38)12-43-24-22(32)17(30)11-18(31)23(24)33/h3-6,11,13-14,19-20H,7-10,12H2,1-2H3,(H,34,39)(H,35,41)(H,36,40)(H,37,42)/t14-,19-,20-/m0/s1. The fourth-order valence-corrected chi connectivity index (χ4v) is 4.39. The van der Waals surface area contributed by atoms with Crippen molar-refractivity contribution in [3.05, 3.63) is 58.6 Å². The lowest BCUT2D eigenvalue weighted by atomic mass is 9.95. The molecule has 2 aromatic rings. The van der Waals surface area contributed by atoms with Crippen molar-refractivity contribution in [2.75, 3.05) is 18.5 Å². The van der Waals surface area contributed by atoms with Gasteiger partial charge in [-0.1, -0.05) is 25.4 Å². The first-order valence-electron chi connectivity index (χ1n) is 13.2. The molecular formula is C28H29ClF4N4O6. The predicted octanol–water partition coefficient (Wildman–Crippen LogP) is 3.02. The summed E-state index contributed by atoms with van der Waals surface area (Å²) in [6.07, 6.45) is 0.0997. The molecule has 1 aliphatic rings. The summed E-state index contributed by atoms with van der Waals surface area (Å²) >= 11 is 5.81. The largest absolute Gasteiger partial charge is 0.479 e. The molecule has 2 aromatic carbocycles. The van der Waals surface area contributed by atoms with Gasteiger partial charge in [-0.05, 0) is 49.4 Å². The number of carbonyl (C=O) groups is 5.